The van der Waals surface area contributed by atoms with Crippen molar-refractivity contribution in [1.29, 1.82) is 0 Å². The number of methoxy groups -OCH3 is 1. The average molecular weight is 168 g/mol. The first-order valence-corrected chi connectivity index (χ1v) is 4.21. The largest absolute Gasteiger partial charge is 0.498 e. The molecule has 1 aliphatic heterocycles. The lowest BCUT2D eigenvalue weighted by molar-refractivity contribution is 0.213. The third kappa shape index (κ3) is 2.08. The molecule has 0 aromatic carbocycles. The van der Waals surface area contributed by atoms with Gasteiger partial charge in [-0.2, -0.15) is 0 Å². The van der Waals surface area contributed by atoms with Crippen LogP contribution in [0.4, 0.5) is 0 Å². The molecule has 0 saturated heterocycles. The van der Waals surface area contributed by atoms with Gasteiger partial charge in [-0.1, -0.05) is 0 Å². The van der Waals surface area contributed by atoms with Crippen LogP contribution in [0.15, 0.2) is 16.4 Å². The molecule has 68 valence electrons. The van der Waals surface area contributed by atoms with Crippen molar-refractivity contribution >= 4 is 6.21 Å². The summed E-state index contributed by atoms with van der Waals surface area (Å²) in [7, 11) is 3.80. The normalized spacial score (nSPS) is 20.6. The van der Waals surface area contributed by atoms with Gasteiger partial charge in [0.1, 0.15) is 5.76 Å². The van der Waals surface area contributed by atoms with E-state index in [-0.39, 0.29) is 0 Å². The Morgan fingerprint density at radius 3 is 2.92 bits per heavy atom. The maximum absolute atomic E-state index is 5.25. The quantitative estimate of drug-likeness (QED) is 0.580. The first-order chi connectivity index (χ1) is 5.77. The molecule has 0 spiro atoms. The monoisotopic (exact) mass is 168 g/mol. The smallest absolute Gasteiger partial charge is 0.131 e. The van der Waals surface area contributed by atoms with E-state index in [2.05, 4.69) is 16.9 Å². The molecule has 12 heavy (non-hydrogen) atoms. The third-order valence-corrected chi connectivity index (χ3v) is 2.00. The molecule has 3 heteroatoms. The van der Waals surface area contributed by atoms with Gasteiger partial charge in [0.15, 0.2) is 0 Å². The fraction of sp³-hybridized carbons (Fsp3) is 0.667. The number of hydrogen-bond acceptors (Lipinski definition) is 3. The van der Waals surface area contributed by atoms with Gasteiger partial charge in [0.2, 0.25) is 0 Å². The lowest BCUT2D eigenvalue weighted by atomic mass is 10.2. The Bertz CT molecular complexity index is 209. The highest BCUT2D eigenvalue weighted by Crippen LogP contribution is 2.17. The molecule has 0 amide bonds. The highest BCUT2D eigenvalue weighted by atomic mass is 16.5. The Morgan fingerprint density at radius 1 is 1.58 bits per heavy atom. The van der Waals surface area contributed by atoms with E-state index in [0.29, 0.717) is 0 Å². The van der Waals surface area contributed by atoms with Crippen molar-refractivity contribution in [2.75, 3.05) is 27.2 Å². The van der Waals surface area contributed by atoms with Crippen LogP contribution in [-0.2, 0) is 4.74 Å². The topological polar surface area (TPSA) is 24.8 Å². The summed E-state index contributed by atoms with van der Waals surface area (Å²) in [4.78, 5) is 6.50. The van der Waals surface area contributed by atoms with Crippen molar-refractivity contribution in [3.8, 4) is 0 Å². The summed E-state index contributed by atoms with van der Waals surface area (Å²) in [5, 5.41) is 0. The lowest BCUT2D eigenvalue weighted by Crippen LogP contribution is -2.28. The number of nitrogens with zero attached hydrogens (tertiary/aromatic N) is 2. The molecule has 1 aliphatic rings. The van der Waals surface area contributed by atoms with E-state index in [1.54, 1.807) is 7.11 Å². The van der Waals surface area contributed by atoms with E-state index >= 15 is 0 Å². The number of ether oxygens (including phenoxy) is 1. The average Bonchev–Trinajstić information content (AvgIpc) is 2.08. The molecule has 0 fully saturated rings. The predicted molar refractivity (Wildman–Crippen MR) is 50.3 cm³/mol. The Labute approximate surface area is 73.7 Å². The van der Waals surface area contributed by atoms with Crippen molar-refractivity contribution in [1.82, 2.24) is 4.90 Å². The van der Waals surface area contributed by atoms with E-state index in [4.69, 9.17) is 4.74 Å². The van der Waals surface area contributed by atoms with Crippen LogP contribution in [0.25, 0.3) is 0 Å². The van der Waals surface area contributed by atoms with E-state index in [1.807, 2.05) is 13.1 Å². The zero-order valence-electron chi connectivity index (χ0n) is 8.00. The molecule has 0 N–H and O–H groups in total. The predicted octanol–water partition coefficient (Wildman–Crippen LogP) is 1.27. The number of aliphatic imine (C=N–C) groups is 1. The molecule has 0 aliphatic carbocycles. The molecule has 0 bridgehead atoms. The summed E-state index contributed by atoms with van der Waals surface area (Å²) in [6.07, 6.45) is 2.81. The summed E-state index contributed by atoms with van der Waals surface area (Å²) in [6.45, 7) is 3.88. The Kier molecular flexibility index (Phi) is 3.29. The van der Waals surface area contributed by atoms with Gasteiger partial charge in [0.25, 0.3) is 0 Å². The fourth-order valence-electron chi connectivity index (χ4n) is 1.33. The minimum atomic E-state index is 0.878. The Hall–Kier alpha value is -0.830. The van der Waals surface area contributed by atoms with E-state index in [9.17, 15) is 0 Å². The van der Waals surface area contributed by atoms with Gasteiger partial charge in [-0.3, -0.25) is 9.89 Å². The molecular weight excluding hydrogens is 152 g/mol. The molecule has 0 unspecified atom stereocenters. The molecule has 0 radical (unpaired) electrons. The zero-order chi connectivity index (χ0) is 8.97. The minimum absolute atomic E-state index is 0.878. The van der Waals surface area contributed by atoms with Gasteiger partial charge in [-0.25, -0.2) is 0 Å². The second-order valence-corrected chi connectivity index (χ2v) is 2.95. The van der Waals surface area contributed by atoms with Crippen LogP contribution in [-0.4, -0.2) is 38.4 Å². The summed E-state index contributed by atoms with van der Waals surface area (Å²) >= 11 is 0. The van der Waals surface area contributed by atoms with Crippen LogP contribution in [0.3, 0.4) is 0 Å². The van der Waals surface area contributed by atoms with Crippen LogP contribution in [0.5, 0.6) is 0 Å². The van der Waals surface area contributed by atoms with Crippen molar-refractivity contribution in [3.05, 3.63) is 11.5 Å². The first kappa shape index (κ1) is 9.26. The van der Waals surface area contributed by atoms with Crippen LogP contribution in [0.2, 0.25) is 0 Å². The minimum Gasteiger partial charge on any atom is -0.498 e. The van der Waals surface area contributed by atoms with Gasteiger partial charge >= 0.3 is 0 Å². The number of hydrogen-bond donors (Lipinski definition) is 0. The van der Waals surface area contributed by atoms with Gasteiger partial charge in [-0.05, 0) is 14.0 Å². The molecular formula is C9H16N2O. The van der Waals surface area contributed by atoms with Gasteiger partial charge in [-0.15, -0.1) is 0 Å². The number of rotatable bonds is 2. The van der Waals surface area contributed by atoms with Crippen LogP contribution in [0, 0.1) is 0 Å². The summed E-state index contributed by atoms with van der Waals surface area (Å²) in [5.41, 5.74) is 1.10. The SMILES string of the molecule is CC=NC1=C(OC)CN(C)CC1. The number of likely N-dealkylation sites (N-methyl/N-ethyl adjacent to an activating group) is 1. The molecule has 1 heterocycles. The van der Waals surface area contributed by atoms with Gasteiger partial charge < -0.3 is 4.74 Å². The summed E-state index contributed by atoms with van der Waals surface area (Å²) in [5.74, 6) is 1.00. The summed E-state index contributed by atoms with van der Waals surface area (Å²) < 4.78 is 5.25. The highest BCUT2D eigenvalue weighted by molar-refractivity contribution is 5.55. The molecule has 0 aromatic rings. The second-order valence-electron chi connectivity index (χ2n) is 2.95. The highest BCUT2D eigenvalue weighted by Gasteiger charge is 2.15. The zero-order valence-corrected chi connectivity index (χ0v) is 8.00. The van der Waals surface area contributed by atoms with Crippen molar-refractivity contribution in [3.63, 3.8) is 0 Å². The standard InChI is InChI=1S/C9H16N2O/c1-4-10-8-5-6-11(2)7-9(8)12-3/h4H,5-7H2,1-3H3. The van der Waals surface area contributed by atoms with Crippen molar-refractivity contribution < 1.29 is 4.74 Å². The van der Waals surface area contributed by atoms with Gasteiger partial charge in [0, 0.05) is 19.2 Å². The van der Waals surface area contributed by atoms with Crippen molar-refractivity contribution in [2.45, 2.75) is 13.3 Å². The fourth-order valence-corrected chi connectivity index (χ4v) is 1.33. The molecule has 3 nitrogen and oxygen atoms in total. The van der Waals surface area contributed by atoms with Crippen LogP contribution >= 0.6 is 0 Å². The van der Waals surface area contributed by atoms with Crippen molar-refractivity contribution in [2.24, 2.45) is 4.99 Å². The maximum Gasteiger partial charge on any atom is 0.131 e. The molecule has 0 aromatic heterocycles. The summed E-state index contributed by atoms with van der Waals surface area (Å²) in [6, 6.07) is 0. The maximum atomic E-state index is 5.25. The molecule has 0 saturated carbocycles. The third-order valence-electron chi connectivity index (χ3n) is 2.00. The molecule has 1 rings (SSSR count). The van der Waals surface area contributed by atoms with E-state index in [0.717, 1.165) is 31.0 Å². The van der Waals surface area contributed by atoms with Crippen LogP contribution in [0.1, 0.15) is 13.3 Å². The lowest BCUT2D eigenvalue weighted by Gasteiger charge is -2.24. The van der Waals surface area contributed by atoms with E-state index < -0.39 is 0 Å². The van der Waals surface area contributed by atoms with Crippen LogP contribution < -0.4 is 0 Å². The Morgan fingerprint density at radius 2 is 2.33 bits per heavy atom. The first-order valence-electron chi connectivity index (χ1n) is 4.21. The Balaban J connectivity index is 2.76. The molecule has 0 atom stereocenters. The van der Waals surface area contributed by atoms with E-state index in [1.165, 1.54) is 0 Å². The second kappa shape index (κ2) is 4.26. The van der Waals surface area contributed by atoms with Gasteiger partial charge in [0.05, 0.1) is 19.4 Å².